The van der Waals surface area contributed by atoms with Crippen molar-refractivity contribution in [3.05, 3.63) is 35.4 Å². The van der Waals surface area contributed by atoms with Crippen LogP contribution < -0.4 is 16.5 Å². The third-order valence-electron chi connectivity index (χ3n) is 4.58. The number of hydroxylamine groups is 1. The normalized spacial score (nSPS) is 21.8. The van der Waals surface area contributed by atoms with E-state index in [1.54, 1.807) is 38.1 Å². The maximum Gasteiger partial charge on any atom is 0.267 e. The highest BCUT2D eigenvalue weighted by Crippen LogP contribution is 2.25. The molecule has 1 aliphatic carbocycles. The van der Waals surface area contributed by atoms with Gasteiger partial charge in [-0.25, -0.2) is 5.48 Å². The van der Waals surface area contributed by atoms with Crippen molar-refractivity contribution in [1.29, 1.82) is 0 Å². The van der Waals surface area contributed by atoms with Crippen LogP contribution in [0.25, 0.3) is 0 Å². The molecule has 0 spiro atoms. The number of carbonyl (C=O) groups is 2. The minimum Gasteiger partial charge on any atom is -0.390 e. The molecule has 7 N–H and O–H groups in total. The molecule has 2 amide bonds. The molecule has 1 saturated carbocycles. The van der Waals surface area contributed by atoms with Gasteiger partial charge in [0.15, 0.2) is 0 Å². The van der Waals surface area contributed by atoms with E-state index in [2.05, 4.69) is 29.0 Å². The molecule has 0 unspecified atom stereocenters. The van der Waals surface area contributed by atoms with E-state index in [1.165, 1.54) is 5.48 Å². The number of nitrogens with one attached hydrogen (secondary N) is 2. The Morgan fingerprint density at radius 3 is 2.24 bits per heavy atom. The highest BCUT2D eigenvalue weighted by molar-refractivity contribution is 5.97. The van der Waals surface area contributed by atoms with Gasteiger partial charge in [-0.15, -0.1) is 0 Å². The number of hydrogen-bond donors (Lipinski definition) is 6. The van der Waals surface area contributed by atoms with Crippen molar-refractivity contribution < 1.29 is 25.0 Å². The number of rotatable bonds is 4. The predicted molar refractivity (Wildman–Crippen MR) is 105 cm³/mol. The Morgan fingerprint density at radius 1 is 1.14 bits per heavy atom. The molecule has 0 aliphatic heterocycles. The summed E-state index contributed by atoms with van der Waals surface area (Å²) in [6, 6.07) is 5.26. The molecule has 2 rings (SSSR count). The second-order valence-corrected chi connectivity index (χ2v) is 7.60. The number of hydrogen-bond acceptors (Lipinski definition) is 6. The number of aliphatic hydroxyl groups excluding tert-OH is 2. The molecule has 0 aromatic heterocycles. The van der Waals surface area contributed by atoms with E-state index in [0.29, 0.717) is 24.0 Å². The molecule has 154 valence electrons. The summed E-state index contributed by atoms with van der Waals surface area (Å²) >= 11 is 0. The summed E-state index contributed by atoms with van der Waals surface area (Å²) in [5.74, 6) is 9.80. The number of carbonyl (C=O) groups excluding carboxylic acids is 2. The molecule has 1 fully saturated rings. The molecule has 0 heterocycles. The van der Waals surface area contributed by atoms with E-state index in [1.807, 2.05) is 0 Å². The quantitative estimate of drug-likeness (QED) is 0.229. The molecule has 1 aromatic rings. The Kier molecular flexibility index (Phi) is 7.38. The Hall–Kier alpha value is -2.88. The van der Waals surface area contributed by atoms with E-state index in [-0.39, 0.29) is 5.92 Å². The lowest BCUT2D eigenvalue weighted by molar-refractivity contribution is -0.132. The zero-order valence-corrected chi connectivity index (χ0v) is 16.3. The van der Waals surface area contributed by atoms with Crippen LogP contribution in [0, 0.1) is 29.6 Å². The number of aliphatic hydroxyl groups is 2. The zero-order chi connectivity index (χ0) is 21.6. The van der Waals surface area contributed by atoms with Gasteiger partial charge in [0.25, 0.3) is 11.8 Å². The van der Waals surface area contributed by atoms with Crippen LogP contribution in [0.1, 0.15) is 42.6 Å². The van der Waals surface area contributed by atoms with Gasteiger partial charge in [0.2, 0.25) is 0 Å². The Labute approximate surface area is 169 Å². The highest BCUT2D eigenvalue weighted by atomic mass is 16.5. The van der Waals surface area contributed by atoms with Crippen molar-refractivity contribution in [2.24, 2.45) is 11.7 Å². The minimum absolute atomic E-state index is 0.0729. The smallest absolute Gasteiger partial charge is 0.267 e. The van der Waals surface area contributed by atoms with Crippen molar-refractivity contribution in [1.82, 2.24) is 10.8 Å². The molecule has 0 radical (unpaired) electrons. The summed E-state index contributed by atoms with van der Waals surface area (Å²) in [6.45, 7) is 3.11. The summed E-state index contributed by atoms with van der Waals surface area (Å²) in [7, 11) is 0. The van der Waals surface area contributed by atoms with Gasteiger partial charge in [-0.1, -0.05) is 11.8 Å². The molecule has 8 nitrogen and oxygen atoms in total. The Morgan fingerprint density at radius 2 is 1.72 bits per heavy atom. The van der Waals surface area contributed by atoms with Crippen molar-refractivity contribution >= 4 is 11.8 Å². The minimum atomic E-state index is -1.12. The van der Waals surface area contributed by atoms with Gasteiger partial charge < -0.3 is 21.3 Å². The first kappa shape index (κ1) is 22.4. The molecule has 29 heavy (non-hydrogen) atoms. The summed E-state index contributed by atoms with van der Waals surface area (Å²) in [5.41, 5.74) is 7.25. The van der Waals surface area contributed by atoms with Gasteiger partial charge in [-0.05, 0) is 62.8 Å². The third kappa shape index (κ3) is 6.31. The van der Waals surface area contributed by atoms with Gasteiger partial charge in [0, 0.05) is 22.6 Å². The van der Waals surface area contributed by atoms with E-state index in [9.17, 15) is 19.8 Å². The Balaban J connectivity index is 2.00. The van der Waals surface area contributed by atoms with E-state index >= 15 is 0 Å². The topological polar surface area (TPSA) is 145 Å². The van der Waals surface area contributed by atoms with Crippen molar-refractivity contribution in [2.45, 2.75) is 50.5 Å². The lowest BCUT2D eigenvalue weighted by Crippen LogP contribution is -2.61. The first-order valence-electron chi connectivity index (χ1n) is 9.13. The second kappa shape index (κ2) is 9.55. The fourth-order valence-corrected chi connectivity index (χ4v) is 2.93. The predicted octanol–water partition coefficient (Wildman–Crippen LogP) is -0.486. The maximum absolute atomic E-state index is 12.4. The van der Waals surface area contributed by atoms with E-state index < -0.39 is 35.6 Å². The monoisotopic (exact) mass is 399 g/mol. The van der Waals surface area contributed by atoms with Crippen molar-refractivity contribution in [2.75, 3.05) is 0 Å². The average Bonchev–Trinajstić information content (AvgIpc) is 2.99. The molecular formula is C21H25N3O5. The summed E-state index contributed by atoms with van der Waals surface area (Å²) in [6.07, 6.45) is -0.578. The van der Waals surface area contributed by atoms with Crippen LogP contribution >= 0.6 is 0 Å². The summed E-state index contributed by atoms with van der Waals surface area (Å²) in [5, 5.41) is 30.3. The lowest BCUT2D eigenvalue weighted by atomic mass is 9.95. The van der Waals surface area contributed by atoms with E-state index in [0.717, 1.165) is 0 Å². The number of nitrogens with two attached hydrogens (primary N) is 1. The van der Waals surface area contributed by atoms with Crippen molar-refractivity contribution in [3.63, 3.8) is 0 Å². The SMILES string of the molecule is CC(C)(N)[C@H](NC(=O)c1ccc(C#CC#C[C@H]2C[C@@H](O)[C@@H](O)C2)cc1)C(=O)NO. The molecular weight excluding hydrogens is 374 g/mol. The second-order valence-electron chi connectivity index (χ2n) is 7.60. The van der Waals surface area contributed by atoms with Crippen LogP contribution in [0.3, 0.4) is 0 Å². The molecule has 8 heteroatoms. The van der Waals surface area contributed by atoms with Crippen LogP contribution in [0.2, 0.25) is 0 Å². The average molecular weight is 399 g/mol. The molecule has 0 saturated heterocycles. The highest BCUT2D eigenvalue weighted by Gasteiger charge is 2.33. The standard InChI is InChI=1S/C21H25N3O5/c1-21(2,22)18(20(28)24-29)23-19(27)15-9-7-13(8-10-15)5-3-4-6-14-11-16(25)17(26)12-14/h7-10,14,16-18,25-26,29H,11-12,22H2,1-2H3,(H,23,27)(H,24,28)/t14-,16+,17-,18-/m1/s1. The summed E-state index contributed by atoms with van der Waals surface area (Å²) in [4.78, 5) is 24.1. The van der Waals surface area contributed by atoms with Gasteiger partial charge in [0.1, 0.15) is 6.04 Å². The van der Waals surface area contributed by atoms with Crippen LogP contribution in [-0.2, 0) is 4.79 Å². The Bertz CT molecular complexity index is 858. The number of amides is 2. The molecule has 1 aromatic carbocycles. The molecule has 0 bridgehead atoms. The van der Waals surface area contributed by atoms with Crippen LogP contribution in [0.4, 0.5) is 0 Å². The largest absolute Gasteiger partial charge is 0.390 e. The van der Waals surface area contributed by atoms with Gasteiger partial charge in [-0.3, -0.25) is 14.8 Å². The van der Waals surface area contributed by atoms with Crippen LogP contribution in [0.15, 0.2) is 24.3 Å². The first-order chi connectivity index (χ1) is 13.6. The first-order valence-corrected chi connectivity index (χ1v) is 9.13. The van der Waals surface area contributed by atoms with Gasteiger partial charge in [0.05, 0.1) is 12.2 Å². The van der Waals surface area contributed by atoms with Crippen LogP contribution in [-0.4, -0.2) is 51.0 Å². The zero-order valence-electron chi connectivity index (χ0n) is 16.3. The summed E-state index contributed by atoms with van der Waals surface area (Å²) < 4.78 is 0. The van der Waals surface area contributed by atoms with Gasteiger partial charge >= 0.3 is 0 Å². The lowest BCUT2D eigenvalue weighted by Gasteiger charge is -2.29. The van der Waals surface area contributed by atoms with Crippen molar-refractivity contribution in [3.8, 4) is 23.7 Å². The fraction of sp³-hybridized carbons (Fsp3) is 0.429. The van der Waals surface area contributed by atoms with E-state index in [4.69, 9.17) is 10.9 Å². The number of benzene rings is 1. The molecule has 1 aliphatic rings. The van der Waals surface area contributed by atoms with Crippen LogP contribution in [0.5, 0.6) is 0 Å². The van der Waals surface area contributed by atoms with Gasteiger partial charge in [-0.2, -0.15) is 0 Å². The maximum atomic E-state index is 12.4. The molecule has 4 atom stereocenters. The fourth-order valence-electron chi connectivity index (χ4n) is 2.93. The third-order valence-corrected chi connectivity index (χ3v) is 4.58.